The van der Waals surface area contributed by atoms with Crippen molar-refractivity contribution in [2.45, 2.75) is 0 Å². The van der Waals surface area contributed by atoms with E-state index >= 15 is 0 Å². The number of hydrogen-bond acceptors (Lipinski definition) is 3. The molecular formula is CaCl2Na2O3Si. The molecule has 3 nitrogen and oxygen atoms in total. The van der Waals surface area contributed by atoms with Crippen molar-refractivity contribution in [1.29, 1.82) is 0 Å². The van der Waals surface area contributed by atoms with Crippen LogP contribution in [-0.2, 0) is 4.46 Å². The molecule has 40 valence electrons. The van der Waals surface area contributed by atoms with Crippen LogP contribution in [-0.4, -0.2) is 46.9 Å². The van der Waals surface area contributed by atoms with Crippen molar-refractivity contribution >= 4 is 46.9 Å². The van der Waals surface area contributed by atoms with Crippen molar-refractivity contribution in [1.82, 2.24) is 0 Å². The van der Waals surface area contributed by atoms with Crippen molar-refractivity contribution in [3.8, 4) is 0 Å². The second-order valence-corrected chi connectivity index (χ2v) is 0.750. The van der Waals surface area contributed by atoms with Crippen molar-refractivity contribution in [2.24, 2.45) is 0 Å². The van der Waals surface area contributed by atoms with Crippen molar-refractivity contribution in [2.75, 3.05) is 0 Å². The van der Waals surface area contributed by atoms with Gasteiger partial charge in [-0.3, -0.25) is 0 Å². The zero-order chi connectivity index (χ0) is 3.58. The molecule has 0 saturated heterocycles. The van der Waals surface area contributed by atoms with Gasteiger partial charge in [0.05, 0.1) is 0 Å². The Labute approximate surface area is 142 Å². The van der Waals surface area contributed by atoms with Gasteiger partial charge in [-0.15, -0.1) is 0 Å². The first kappa shape index (κ1) is 39.2. The Balaban J connectivity index is -0.00000000450. The maximum atomic E-state index is 8.52. The Morgan fingerprint density at radius 2 is 1.00 bits per heavy atom. The third-order valence-electron chi connectivity index (χ3n) is 0. The quantitative estimate of drug-likeness (QED) is 0.390. The summed E-state index contributed by atoms with van der Waals surface area (Å²) in [6.45, 7) is 0. The summed E-state index contributed by atoms with van der Waals surface area (Å²) in [7, 11) is -3.63. The molecule has 9 heavy (non-hydrogen) atoms. The smallest absolute Gasteiger partial charge is 1.00 e. The molecule has 0 aromatic carbocycles. The van der Waals surface area contributed by atoms with Gasteiger partial charge in [0.1, 0.15) is 0 Å². The molecule has 0 fully saturated rings. The second kappa shape index (κ2) is 30.0. The molecule has 0 saturated carbocycles. The molecule has 0 N–H and O–H groups in total. The summed E-state index contributed by atoms with van der Waals surface area (Å²) in [5.74, 6) is 0. The fourth-order valence-corrected chi connectivity index (χ4v) is 0. The van der Waals surface area contributed by atoms with E-state index in [1.807, 2.05) is 0 Å². The van der Waals surface area contributed by atoms with E-state index in [1.54, 1.807) is 0 Å². The minimum absolute atomic E-state index is 0. The number of rotatable bonds is 0. The molecule has 0 spiro atoms. The van der Waals surface area contributed by atoms with E-state index in [0.717, 1.165) is 0 Å². The standard InChI is InChI=1S/Ca.2ClH.2Na.O3Si/c;;;;;1-4(2)3/h;2*1H;;;/q+2;;;2*+1;-2/p-2. The Hall–Kier alpha value is 3.46. The molecule has 0 amide bonds. The third kappa shape index (κ3) is 85.7. The number of halogens is 2. The topological polar surface area (TPSA) is 63.2 Å². The van der Waals surface area contributed by atoms with Crippen molar-refractivity contribution in [3.63, 3.8) is 0 Å². The van der Waals surface area contributed by atoms with Gasteiger partial charge in [-0.2, -0.15) is 0 Å². The molecule has 0 unspecified atom stereocenters. The SMILES string of the molecule is O=[Si]([O-])[O-].[Ca+2].[Cl-].[Cl-].[Na+].[Na+]. The van der Waals surface area contributed by atoms with Gasteiger partial charge in [0.2, 0.25) is 0 Å². The van der Waals surface area contributed by atoms with E-state index < -0.39 is 9.17 Å². The van der Waals surface area contributed by atoms with Gasteiger partial charge in [0.15, 0.2) is 0 Å². The Morgan fingerprint density at radius 3 is 1.00 bits per heavy atom. The zero-order valence-electron chi connectivity index (χ0n) is 5.19. The van der Waals surface area contributed by atoms with Gasteiger partial charge in [-0.05, 0) is 0 Å². The molecular weight excluding hydrogens is 233 g/mol. The van der Waals surface area contributed by atoms with Crippen LogP contribution in [0.1, 0.15) is 0 Å². The summed E-state index contributed by atoms with van der Waals surface area (Å²) in [5, 5.41) is 0. The van der Waals surface area contributed by atoms with Crippen LogP contribution in [0.15, 0.2) is 0 Å². The van der Waals surface area contributed by atoms with Crippen LogP contribution in [0.2, 0.25) is 0 Å². The molecule has 9 heteroatoms. The van der Waals surface area contributed by atoms with E-state index in [2.05, 4.69) is 0 Å². The fourth-order valence-electron chi connectivity index (χ4n) is 0. The van der Waals surface area contributed by atoms with E-state index in [-0.39, 0.29) is 122 Å². The van der Waals surface area contributed by atoms with Crippen molar-refractivity contribution in [3.05, 3.63) is 0 Å². The summed E-state index contributed by atoms with van der Waals surface area (Å²) in [5.41, 5.74) is 0. The molecule has 0 aliphatic rings. The second-order valence-electron chi connectivity index (χ2n) is 0.250. The molecule has 0 atom stereocenters. The summed E-state index contributed by atoms with van der Waals surface area (Å²) >= 11 is 0. The molecule has 0 aliphatic carbocycles. The largest absolute Gasteiger partial charge is 2.00 e. The normalized spacial score (nSPS) is 2.67. The summed E-state index contributed by atoms with van der Waals surface area (Å²) in [4.78, 5) is 17.0. The fraction of sp³-hybridized carbons (Fsp3) is 0. The molecule has 0 bridgehead atoms. The van der Waals surface area contributed by atoms with Crippen LogP contribution < -0.4 is 93.5 Å². The predicted molar refractivity (Wildman–Crippen MR) is 12.2 cm³/mol. The summed E-state index contributed by atoms with van der Waals surface area (Å²) in [6.07, 6.45) is 0. The molecule has 0 aromatic heterocycles. The average molecular weight is 233 g/mol. The van der Waals surface area contributed by atoms with Crippen LogP contribution >= 0.6 is 0 Å². The average Bonchev–Trinajstić information content (AvgIpc) is 0.811. The Kier molecular flexibility index (Phi) is 131. The first-order valence-corrected chi connectivity index (χ1v) is 1.84. The third-order valence-corrected chi connectivity index (χ3v) is 0. The van der Waals surface area contributed by atoms with E-state index in [1.165, 1.54) is 0 Å². The minimum atomic E-state index is -3.63. The van der Waals surface area contributed by atoms with Crippen LogP contribution in [0.4, 0.5) is 0 Å². The van der Waals surface area contributed by atoms with Gasteiger partial charge < -0.3 is 38.9 Å². The van der Waals surface area contributed by atoms with E-state index in [0.29, 0.717) is 0 Å². The first-order valence-electron chi connectivity index (χ1n) is 0.612. The van der Waals surface area contributed by atoms with E-state index in [9.17, 15) is 0 Å². The van der Waals surface area contributed by atoms with Crippen LogP contribution in [0.25, 0.3) is 0 Å². The van der Waals surface area contributed by atoms with Gasteiger partial charge in [-0.1, -0.05) is 0 Å². The van der Waals surface area contributed by atoms with Gasteiger partial charge >= 0.3 is 96.9 Å². The van der Waals surface area contributed by atoms with Crippen molar-refractivity contribution < 1.29 is 98.0 Å². The van der Waals surface area contributed by atoms with Crippen LogP contribution in [0.5, 0.6) is 0 Å². The molecule has 0 heterocycles. The van der Waals surface area contributed by atoms with Gasteiger partial charge in [-0.25, -0.2) is 0 Å². The first-order chi connectivity index (χ1) is 1.73. The zero-order valence-corrected chi connectivity index (χ0v) is 13.9. The maximum Gasteiger partial charge on any atom is 2.00 e. The number of hydrogen-bond donors (Lipinski definition) is 0. The molecule has 0 radical (unpaired) electrons. The van der Waals surface area contributed by atoms with Gasteiger partial charge in [0, 0.05) is 9.17 Å². The molecule has 0 rings (SSSR count). The van der Waals surface area contributed by atoms with Gasteiger partial charge in [0.25, 0.3) is 0 Å². The maximum absolute atomic E-state index is 8.52. The minimum Gasteiger partial charge on any atom is -1.00 e. The monoisotopic (exact) mass is 232 g/mol. The molecule has 0 aromatic rings. The van der Waals surface area contributed by atoms with Crippen LogP contribution in [0.3, 0.4) is 0 Å². The van der Waals surface area contributed by atoms with E-state index in [4.69, 9.17) is 14.1 Å². The summed E-state index contributed by atoms with van der Waals surface area (Å²) < 4.78 is 8.52. The predicted octanol–water partition coefficient (Wildman–Crippen LogP) is -15.2. The molecule has 0 aliphatic heterocycles. The Bertz CT molecular complexity index is 42.8. The van der Waals surface area contributed by atoms with Crippen LogP contribution in [0, 0.1) is 0 Å². The summed E-state index contributed by atoms with van der Waals surface area (Å²) in [6, 6.07) is 0. The Morgan fingerprint density at radius 1 is 1.00 bits per heavy atom.